The molecule has 1 aromatic carbocycles. The smallest absolute Gasteiger partial charge is 0.261 e. The van der Waals surface area contributed by atoms with Crippen molar-refractivity contribution >= 4 is 32.4 Å². The summed E-state index contributed by atoms with van der Waals surface area (Å²) < 4.78 is 28.4. The molecule has 2 unspecified atom stereocenters. The third-order valence-corrected chi connectivity index (χ3v) is 8.50. The van der Waals surface area contributed by atoms with Crippen molar-refractivity contribution in [2.24, 2.45) is 5.92 Å². The highest BCUT2D eigenvalue weighted by molar-refractivity contribution is 7.89. The molecule has 0 spiro atoms. The lowest BCUT2D eigenvalue weighted by molar-refractivity contribution is 0.277. The molecule has 2 aromatic heterocycles. The van der Waals surface area contributed by atoms with Gasteiger partial charge >= 0.3 is 0 Å². The maximum atomic E-state index is 12.7. The summed E-state index contributed by atoms with van der Waals surface area (Å²) in [4.78, 5) is 15.7. The molecule has 1 fully saturated rings. The minimum atomic E-state index is -3.45. The number of aromatic amines is 1. The van der Waals surface area contributed by atoms with Crippen LogP contribution in [-0.4, -0.2) is 34.0 Å². The molecule has 9 nitrogen and oxygen atoms in total. The molecule has 32 heavy (non-hydrogen) atoms. The maximum absolute atomic E-state index is 12.7. The highest BCUT2D eigenvalue weighted by atomic mass is 32.2. The summed E-state index contributed by atoms with van der Waals surface area (Å²) in [5.41, 5.74) is 1.80. The third-order valence-electron chi connectivity index (χ3n) is 6.48. The van der Waals surface area contributed by atoms with E-state index in [9.17, 15) is 18.5 Å². The van der Waals surface area contributed by atoms with E-state index >= 15 is 0 Å². The number of fused-ring (bicyclic) bond motifs is 2. The molecule has 2 aliphatic rings. The molecule has 10 heteroatoms. The van der Waals surface area contributed by atoms with Crippen molar-refractivity contribution in [3.05, 3.63) is 46.4 Å². The largest absolute Gasteiger partial charge is 0.338 e. The van der Waals surface area contributed by atoms with Gasteiger partial charge in [0.05, 0.1) is 28.4 Å². The number of benzene rings is 1. The van der Waals surface area contributed by atoms with Crippen molar-refractivity contribution in [1.82, 2.24) is 19.1 Å². The summed E-state index contributed by atoms with van der Waals surface area (Å²) >= 11 is 0. The van der Waals surface area contributed by atoms with E-state index in [1.165, 1.54) is 4.31 Å². The number of aromatic nitrogens is 3. The molecular weight excluding hydrogens is 428 g/mol. The number of nitrogens with zero attached hydrogens (tertiary/aromatic N) is 4. The first kappa shape index (κ1) is 20.7. The Balaban J connectivity index is 1.57. The lowest BCUT2D eigenvalue weighted by Crippen LogP contribution is -2.23. The Kier molecular flexibility index (Phi) is 5.03. The number of hydrogen-bond donors (Lipinski definition) is 2. The van der Waals surface area contributed by atoms with Crippen LogP contribution in [0, 0.1) is 17.2 Å². The van der Waals surface area contributed by atoms with Crippen molar-refractivity contribution in [3.63, 3.8) is 0 Å². The van der Waals surface area contributed by atoms with Crippen LogP contribution in [0.25, 0.3) is 10.9 Å². The van der Waals surface area contributed by atoms with E-state index in [4.69, 9.17) is 5.10 Å². The Hall–Kier alpha value is -3.16. The van der Waals surface area contributed by atoms with Gasteiger partial charge in [0.2, 0.25) is 10.0 Å². The first-order valence-corrected chi connectivity index (χ1v) is 12.3. The summed E-state index contributed by atoms with van der Waals surface area (Å²) in [5.74, 6) is 0.251. The van der Waals surface area contributed by atoms with Crippen LogP contribution < -0.4 is 10.9 Å². The molecule has 0 saturated heterocycles. The topological polar surface area (TPSA) is 124 Å². The fourth-order valence-corrected chi connectivity index (χ4v) is 6.48. The Morgan fingerprint density at radius 2 is 2.09 bits per heavy atom. The van der Waals surface area contributed by atoms with Gasteiger partial charge in [-0.05, 0) is 42.7 Å². The maximum Gasteiger partial charge on any atom is 0.261 e. The Labute approximate surface area is 185 Å². The van der Waals surface area contributed by atoms with E-state index < -0.39 is 10.0 Å². The summed E-state index contributed by atoms with van der Waals surface area (Å²) in [6.07, 6.45) is 5.29. The van der Waals surface area contributed by atoms with Crippen LogP contribution in [0.2, 0.25) is 0 Å². The standard InChI is InChI=1S/C22H24N6O3S/c1-2-27-13-15-11-16(7-8-19(15)32(27,30)31)25-21-20-18(9-10-24-22(20)29)28(26-21)17-6-4-3-5-14(17)12-23/h7-11,14,17H,2-6,13H2,1H3,(H,24,29)(H,25,26). The van der Waals surface area contributed by atoms with Gasteiger partial charge < -0.3 is 10.3 Å². The number of rotatable bonds is 4. The van der Waals surface area contributed by atoms with E-state index in [1.54, 1.807) is 24.4 Å². The average molecular weight is 453 g/mol. The van der Waals surface area contributed by atoms with Crippen LogP contribution in [0.3, 0.4) is 0 Å². The molecule has 5 rings (SSSR count). The molecule has 1 aliphatic carbocycles. The Morgan fingerprint density at radius 1 is 1.28 bits per heavy atom. The van der Waals surface area contributed by atoms with Gasteiger partial charge in [0.25, 0.3) is 5.56 Å². The van der Waals surface area contributed by atoms with Crippen LogP contribution in [0.4, 0.5) is 11.5 Å². The van der Waals surface area contributed by atoms with Gasteiger partial charge in [-0.15, -0.1) is 0 Å². The second kappa shape index (κ2) is 7.76. The molecule has 3 heterocycles. The molecule has 1 aliphatic heterocycles. The average Bonchev–Trinajstić information content (AvgIpc) is 3.28. The van der Waals surface area contributed by atoms with Crippen molar-refractivity contribution in [2.75, 3.05) is 11.9 Å². The van der Waals surface area contributed by atoms with Crippen LogP contribution in [0.1, 0.15) is 44.2 Å². The minimum Gasteiger partial charge on any atom is -0.338 e. The molecule has 1 saturated carbocycles. The van der Waals surface area contributed by atoms with E-state index in [0.29, 0.717) is 46.0 Å². The third kappa shape index (κ3) is 3.20. The van der Waals surface area contributed by atoms with Crippen LogP contribution in [-0.2, 0) is 16.6 Å². The Morgan fingerprint density at radius 3 is 2.88 bits per heavy atom. The van der Waals surface area contributed by atoms with Crippen LogP contribution >= 0.6 is 0 Å². The number of anilines is 2. The van der Waals surface area contributed by atoms with Gasteiger partial charge in [0, 0.05) is 25.0 Å². The molecule has 0 radical (unpaired) electrons. The van der Waals surface area contributed by atoms with Gasteiger partial charge in [-0.25, -0.2) is 8.42 Å². The van der Waals surface area contributed by atoms with Gasteiger partial charge in [-0.1, -0.05) is 19.8 Å². The number of sulfonamides is 1. The normalized spacial score (nSPS) is 22.5. The molecule has 0 bridgehead atoms. The van der Waals surface area contributed by atoms with Gasteiger partial charge in [0.15, 0.2) is 5.82 Å². The predicted octanol–water partition coefficient (Wildman–Crippen LogP) is 3.25. The van der Waals surface area contributed by atoms with Crippen molar-refractivity contribution in [3.8, 4) is 6.07 Å². The Bertz CT molecular complexity index is 1400. The molecule has 166 valence electrons. The highest BCUT2D eigenvalue weighted by Gasteiger charge is 2.34. The lowest BCUT2D eigenvalue weighted by atomic mass is 9.85. The molecule has 0 amide bonds. The molecule has 3 aromatic rings. The van der Waals surface area contributed by atoms with Crippen LogP contribution in [0.5, 0.6) is 0 Å². The van der Waals surface area contributed by atoms with Crippen molar-refractivity contribution < 1.29 is 8.42 Å². The lowest BCUT2D eigenvalue weighted by Gasteiger charge is -2.27. The number of nitrogens with one attached hydrogen (secondary N) is 2. The summed E-state index contributed by atoms with van der Waals surface area (Å²) in [5, 5.41) is 18.0. The fourth-order valence-electron chi connectivity index (χ4n) is 4.86. The van der Waals surface area contributed by atoms with E-state index in [-0.39, 0.29) is 17.5 Å². The fraction of sp³-hybridized carbons (Fsp3) is 0.409. The van der Waals surface area contributed by atoms with E-state index in [1.807, 2.05) is 17.7 Å². The zero-order valence-electron chi connectivity index (χ0n) is 17.7. The second-order valence-electron chi connectivity index (χ2n) is 8.33. The monoisotopic (exact) mass is 452 g/mol. The van der Waals surface area contributed by atoms with E-state index in [0.717, 1.165) is 25.7 Å². The number of hydrogen-bond acceptors (Lipinski definition) is 6. The number of H-pyrrole nitrogens is 1. The van der Waals surface area contributed by atoms with Gasteiger partial charge in [0.1, 0.15) is 5.39 Å². The van der Waals surface area contributed by atoms with Gasteiger partial charge in [-0.2, -0.15) is 14.7 Å². The predicted molar refractivity (Wildman–Crippen MR) is 120 cm³/mol. The first-order chi connectivity index (χ1) is 15.4. The number of pyridine rings is 1. The summed E-state index contributed by atoms with van der Waals surface area (Å²) in [7, 11) is -3.45. The SMILES string of the molecule is CCN1Cc2cc(Nc3nn(C4CCCCC4C#N)c4cc[nH]c(=O)c34)ccc2S1(=O)=O. The molecular formula is C22H24N6O3S. The highest BCUT2D eigenvalue weighted by Crippen LogP contribution is 2.37. The number of nitriles is 1. The van der Waals surface area contributed by atoms with Crippen molar-refractivity contribution in [1.29, 1.82) is 5.26 Å². The van der Waals surface area contributed by atoms with E-state index in [2.05, 4.69) is 16.4 Å². The van der Waals surface area contributed by atoms with Gasteiger partial charge in [-0.3, -0.25) is 9.48 Å². The molecule has 2 N–H and O–H groups in total. The van der Waals surface area contributed by atoms with Crippen molar-refractivity contribution in [2.45, 2.75) is 50.1 Å². The summed E-state index contributed by atoms with van der Waals surface area (Å²) in [6.45, 7) is 2.55. The second-order valence-corrected chi connectivity index (χ2v) is 10.2. The zero-order chi connectivity index (χ0) is 22.5. The minimum absolute atomic E-state index is 0.0862. The first-order valence-electron chi connectivity index (χ1n) is 10.8. The zero-order valence-corrected chi connectivity index (χ0v) is 18.5. The summed E-state index contributed by atoms with van der Waals surface area (Å²) in [6, 6.07) is 9.21. The molecule has 2 atom stereocenters. The van der Waals surface area contributed by atoms with Crippen LogP contribution in [0.15, 0.2) is 40.2 Å². The quantitative estimate of drug-likeness (QED) is 0.626.